The zero-order valence-corrected chi connectivity index (χ0v) is 8.63. The van der Waals surface area contributed by atoms with Gasteiger partial charge in [0.15, 0.2) is 5.16 Å². The molecule has 5 nitrogen and oxygen atoms in total. The normalized spacial score (nSPS) is 12.8. The first-order chi connectivity index (χ1) is 6.02. The maximum Gasteiger partial charge on any atom is 0.230 e. The topological polar surface area (TPSA) is 73.8 Å². The Balaban J connectivity index is 2.74. The number of thioether (sulfide) groups is 1. The summed E-state index contributed by atoms with van der Waals surface area (Å²) in [6.07, 6.45) is 0. The van der Waals surface area contributed by atoms with E-state index in [9.17, 15) is 4.79 Å². The number of nitrogens with zero attached hydrogens (tertiary/aromatic N) is 3. The molecule has 2 N–H and O–H groups in total. The van der Waals surface area contributed by atoms with Crippen molar-refractivity contribution in [1.29, 1.82) is 0 Å². The van der Waals surface area contributed by atoms with Gasteiger partial charge in [-0.25, -0.2) is 0 Å². The highest BCUT2D eigenvalue weighted by Crippen LogP contribution is 2.20. The standard InChI is InChI=1S/C7H12N4OS/c1-4(6(8)12)13-7-10-9-5(2)11(7)3/h4H,1-3H3,(H2,8,12). The molecule has 0 aromatic carbocycles. The van der Waals surface area contributed by atoms with Gasteiger partial charge in [-0.2, -0.15) is 0 Å². The molecular formula is C7H12N4OS. The zero-order valence-electron chi connectivity index (χ0n) is 7.81. The summed E-state index contributed by atoms with van der Waals surface area (Å²) in [6.45, 7) is 3.60. The second-order valence-electron chi connectivity index (χ2n) is 2.75. The number of carbonyl (C=O) groups excluding carboxylic acids is 1. The van der Waals surface area contributed by atoms with Gasteiger partial charge < -0.3 is 10.3 Å². The third-order valence-corrected chi connectivity index (χ3v) is 2.89. The molecule has 1 rings (SSSR count). The monoisotopic (exact) mass is 200 g/mol. The molecule has 0 aliphatic rings. The van der Waals surface area contributed by atoms with E-state index in [-0.39, 0.29) is 11.2 Å². The molecule has 72 valence electrons. The number of carbonyl (C=O) groups is 1. The third-order valence-electron chi connectivity index (χ3n) is 1.74. The van der Waals surface area contributed by atoms with Crippen molar-refractivity contribution in [2.45, 2.75) is 24.3 Å². The van der Waals surface area contributed by atoms with Crippen LogP contribution in [0.1, 0.15) is 12.7 Å². The van der Waals surface area contributed by atoms with Crippen molar-refractivity contribution in [3.05, 3.63) is 5.82 Å². The summed E-state index contributed by atoms with van der Waals surface area (Å²) in [6, 6.07) is 0. The molecule has 0 fully saturated rings. The minimum absolute atomic E-state index is 0.276. The van der Waals surface area contributed by atoms with Crippen molar-refractivity contribution in [3.63, 3.8) is 0 Å². The number of primary amides is 1. The number of hydrogen-bond donors (Lipinski definition) is 1. The molecule has 1 heterocycles. The Labute approximate surface area is 80.7 Å². The lowest BCUT2D eigenvalue weighted by Gasteiger charge is -2.05. The maximum atomic E-state index is 10.8. The van der Waals surface area contributed by atoms with E-state index in [0.717, 1.165) is 5.82 Å². The van der Waals surface area contributed by atoms with Crippen molar-refractivity contribution < 1.29 is 4.79 Å². The van der Waals surface area contributed by atoms with Gasteiger partial charge in [-0.3, -0.25) is 4.79 Å². The smallest absolute Gasteiger partial charge is 0.230 e. The Bertz CT molecular complexity index is 322. The van der Waals surface area contributed by atoms with E-state index in [1.54, 1.807) is 6.92 Å². The molecule has 1 unspecified atom stereocenters. The molecule has 0 radical (unpaired) electrons. The maximum absolute atomic E-state index is 10.8. The lowest BCUT2D eigenvalue weighted by Crippen LogP contribution is -2.22. The van der Waals surface area contributed by atoms with Gasteiger partial charge in [-0.15, -0.1) is 10.2 Å². The summed E-state index contributed by atoms with van der Waals surface area (Å²) in [7, 11) is 1.85. The minimum atomic E-state index is -0.342. The van der Waals surface area contributed by atoms with E-state index in [2.05, 4.69) is 10.2 Å². The summed E-state index contributed by atoms with van der Waals surface area (Å²) in [4.78, 5) is 10.8. The van der Waals surface area contributed by atoms with E-state index >= 15 is 0 Å². The van der Waals surface area contributed by atoms with Gasteiger partial charge in [-0.1, -0.05) is 11.8 Å². The Morgan fingerprint density at radius 2 is 2.23 bits per heavy atom. The van der Waals surface area contributed by atoms with Crippen LogP contribution in [0.25, 0.3) is 0 Å². The highest BCUT2D eigenvalue weighted by molar-refractivity contribution is 8.00. The summed E-state index contributed by atoms with van der Waals surface area (Å²) >= 11 is 1.31. The molecular weight excluding hydrogens is 188 g/mol. The molecule has 0 bridgehead atoms. The van der Waals surface area contributed by atoms with Crippen molar-refractivity contribution in [3.8, 4) is 0 Å². The largest absolute Gasteiger partial charge is 0.369 e. The molecule has 6 heteroatoms. The Morgan fingerprint density at radius 1 is 1.62 bits per heavy atom. The second-order valence-corrected chi connectivity index (χ2v) is 4.06. The van der Waals surface area contributed by atoms with Crippen LogP contribution >= 0.6 is 11.8 Å². The summed E-state index contributed by atoms with van der Waals surface area (Å²) < 4.78 is 1.82. The van der Waals surface area contributed by atoms with E-state index in [0.29, 0.717) is 5.16 Å². The Morgan fingerprint density at radius 3 is 2.62 bits per heavy atom. The van der Waals surface area contributed by atoms with Crippen molar-refractivity contribution in [2.24, 2.45) is 12.8 Å². The highest BCUT2D eigenvalue weighted by atomic mass is 32.2. The molecule has 1 atom stereocenters. The fraction of sp³-hybridized carbons (Fsp3) is 0.571. The van der Waals surface area contributed by atoms with E-state index in [1.165, 1.54) is 11.8 Å². The first-order valence-corrected chi connectivity index (χ1v) is 4.72. The third kappa shape index (κ3) is 2.21. The zero-order chi connectivity index (χ0) is 10.0. The number of aromatic nitrogens is 3. The Kier molecular flexibility index (Phi) is 2.92. The molecule has 0 aliphatic heterocycles. The summed E-state index contributed by atoms with van der Waals surface area (Å²) in [5.74, 6) is 0.477. The Hall–Kier alpha value is -1.04. The summed E-state index contributed by atoms with van der Waals surface area (Å²) in [5, 5.41) is 8.21. The predicted octanol–water partition coefficient (Wildman–Crippen LogP) is 0.0894. The highest BCUT2D eigenvalue weighted by Gasteiger charge is 2.14. The van der Waals surface area contributed by atoms with E-state index in [1.807, 2.05) is 18.5 Å². The lowest BCUT2D eigenvalue weighted by atomic mass is 10.5. The van der Waals surface area contributed by atoms with Gasteiger partial charge in [-0.05, 0) is 13.8 Å². The minimum Gasteiger partial charge on any atom is -0.369 e. The number of rotatable bonds is 3. The number of aryl methyl sites for hydroxylation is 1. The average molecular weight is 200 g/mol. The van der Waals surface area contributed by atoms with Gasteiger partial charge >= 0.3 is 0 Å². The fourth-order valence-corrected chi connectivity index (χ4v) is 1.52. The van der Waals surface area contributed by atoms with Gasteiger partial charge in [0.2, 0.25) is 5.91 Å². The molecule has 1 aromatic heterocycles. The second kappa shape index (κ2) is 3.78. The molecule has 0 saturated carbocycles. The molecule has 0 spiro atoms. The van der Waals surface area contributed by atoms with Crippen LogP contribution in [0, 0.1) is 6.92 Å². The van der Waals surface area contributed by atoms with E-state index in [4.69, 9.17) is 5.73 Å². The van der Waals surface area contributed by atoms with E-state index < -0.39 is 0 Å². The lowest BCUT2D eigenvalue weighted by molar-refractivity contribution is -0.117. The van der Waals surface area contributed by atoms with Gasteiger partial charge in [0.05, 0.1) is 5.25 Å². The van der Waals surface area contributed by atoms with Gasteiger partial charge in [0.1, 0.15) is 5.82 Å². The SMILES string of the molecule is Cc1nnc(SC(C)C(N)=O)n1C. The quantitative estimate of drug-likeness (QED) is 0.702. The van der Waals surface area contributed by atoms with Crippen LogP contribution in [0.15, 0.2) is 5.16 Å². The van der Waals surface area contributed by atoms with Crippen LogP contribution < -0.4 is 5.73 Å². The van der Waals surface area contributed by atoms with Crippen LogP contribution in [0.3, 0.4) is 0 Å². The molecule has 1 aromatic rings. The first-order valence-electron chi connectivity index (χ1n) is 3.84. The van der Waals surface area contributed by atoms with Crippen molar-refractivity contribution in [1.82, 2.24) is 14.8 Å². The molecule has 0 saturated heterocycles. The number of amides is 1. The average Bonchev–Trinajstić information content (AvgIpc) is 2.36. The number of hydrogen-bond acceptors (Lipinski definition) is 4. The van der Waals surface area contributed by atoms with Crippen molar-refractivity contribution >= 4 is 17.7 Å². The number of nitrogens with two attached hydrogens (primary N) is 1. The molecule has 13 heavy (non-hydrogen) atoms. The van der Waals surface area contributed by atoms with Crippen LogP contribution in [-0.2, 0) is 11.8 Å². The predicted molar refractivity (Wildman–Crippen MR) is 50.3 cm³/mol. The first kappa shape index (κ1) is 10.0. The van der Waals surface area contributed by atoms with Crippen LogP contribution in [0.4, 0.5) is 0 Å². The molecule has 1 amide bonds. The van der Waals surface area contributed by atoms with Gasteiger partial charge in [0, 0.05) is 7.05 Å². The summed E-state index contributed by atoms with van der Waals surface area (Å²) in [5.41, 5.74) is 5.12. The van der Waals surface area contributed by atoms with Crippen LogP contribution in [0.2, 0.25) is 0 Å². The van der Waals surface area contributed by atoms with Crippen molar-refractivity contribution in [2.75, 3.05) is 0 Å². The fourth-order valence-electron chi connectivity index (χ4n) is 0.707. The van der Waals surface area contributed by atoms with Gasteiger partial charge in [0.25, 0.3) is 0 Å². The molecule has 0 aliphatic carbocycles. The van der Waals surface area contributed by atoms with Crippen LogP contribution in [-0.4, -0.2) is 25.9 Å². The van der Waals surface area contributed by atoms with Crippen LogP contribution in [0.5, 0.6) is 0 Å².